The molecule has 0 N–H and O–H groups in total. The Labute approximate surface area is 101 Å². The Balaban J connectivity index is 3.12. The van der Waals surface area contributed by atoms with E-state index in [2.05, 4.69) is 55.8 Å². The first-order valence-electron chi connectivity index (χ1n) is 5.13. The highest BCUT2D eigenvalue weighted by molar-refractivity contribution is 9.11. The first-order chi connectivity index (χ1) is 6.90. The predicted molar refractivity (Wildman–Crippen MR) is 69.1 cm³/mol. The zero-order valence-electron chi connectivity index (χ0n) is 10.1. The van der Waals surface area contributed by atoms with Crippen LogP contribution in [0.4, 0.5) is 0 Å². The van der Waals surface area contributed by atoms with Crippen LogP contribution in [0.15, 0.2) is 33.9 Å². The van der Waals surface area contributed by atoms with Gasteiger partial charge in [0, 0.05) is 7.11 Å². The van der Waals surface area contributed by atoms with E-state index in [4.69, 9.17) is 4.74 Å². The number of hydrogen-bond acceptors (Lipinski definition) is 1. The van der Waals surface area contributed by atoms with Crippen molar-refractivity contribution in [2.24, 2.45) is 5.41 Å². The highest BCUT2D eigenvalue weighted by Gasteiger charge is 2.24. The lowest BCUT2D eigenvalue weighted by Gasteiger charge is -2.29. The Morgan fingerprint density at radius 2 is 1.93 bits per heavy atom. The highest BCUT2D eigenvalue weighted by Crippen LogP contribution is 2.34. The van der Waals surface area contributed by atoms with Crippen LogP contribution in [0.1, 0.15) is 27.7 Å². The molecule has 0 aliphatic heterocycles. The molecule has 0 aromatic carbocycles. The van der Waals surface area contributed by atoms with E-state index in [1.807, 2.05) is 4.99 Å². The van der Waals surface area contributed by atoms with Crippen LogP contribution in [0.5, 0.6) is 0 Å². The Kier molecular flexibility index (Phi) is 3.96. The summed E-state index contributed by atoms with van der Waals surface area (Å²) in [5.74, 6) is 0. The Morgan fingerprint density at radius 1 is 1.33 bits per heavy atom. The maximum absolute atomic E-state index is 5.46. The summed E-state index contributed by atoms with van der Waals surface area (Å²) in [4.78, 5) is 1.95. The molecule has 0 heterocycles. The van der Waals surface area contributed by atoms with Gasteiger partial charge in [-0.3, -0.25) is 0 Å². The van der Waals surface area contributed by atoms with Gasteiger partial charge >= 0.3 is 0 Å². The summed E-state index contributed by atoms with van der Waals surface area (Å²) in [7, 11) is 1.74. The van der Waals surface area contributed by atoms with E-state index in [9.17, 15) is 0 Å². The van der Waals surface area contributed by atoms with Crippen LogP contribution in [0.3, 0.4) is 0 Å². The van der Waals surface area contributed by atoms with E-state index < -0.39 is 0 Å². The number of methoxy groups -OCH3 is 1. The van der Waals surface area contributed by atoms with Crippen molar-refractivity contribution in [3.05, 3.63) is 33.9 Å². The standard InChI is InChI=1S/C13H19BrO/c1-9-6-11(13(2,3)4)7-10(8-14)12(9)15-5/h6-8,12H,1-5H3. The molecule has 1 unspecified atom stereocenters. The van der Waals surface area contributed by atoms with Gasteiger partial charge in [0.25, 0.3) is 0 Å². The molecular formula is C13H19BrO. The monoisotopic (exact) mass is 270 g/mol. The van der Waals surface area contributed by atoms with Gasteiger partial charge in [-0.15, -0.1) is 0 Å². The van der Waals surface area contributed by atoms with Crippen molar-refractivity contribution in [2.75, 3.05) is 7.11 Å². The smallest absolute Gasteiger partial charge is 0.104 e. The maximum Gasteiger partial charge on any atom is 0.104 e. The Bertz CT molecular complexity index is 329. The molecule has 0 saturated carbocycles. The van der Waals surface area contributed by atoms with Crippen molar-refractivity contribution in [3.8, 4) is 0 Å². The largest absolute Gasteiger partial charge is 0.372 e. The minimum Gasteiger partial charge on any atom is -0.372 e. The molecule has 0 fully saturated rings. The van der Waals surface area contributed by atoms with Gasteiger partial charge in [0.05, 0.1) is 0 Å². The molecule has 1 aliphatic carbocycles. The van der Waals surface area contributed by atoms with Crippen LogP contribution in [-0.2, 0) is 4.74 Å². The van der Waals surface area contributed by atoms with Crippen LogP contribution in [0.2, 0.25) is 0 Å². The van der Waals surface area contributed by atoms with Crippen molar-refractivity contribution in [1.29, 1.82) is 0 Å². The zero-order valence-corrected chi connectivity index (χ0v) is 11.7. The fourth-order valence-electron chi connectivity index (χ4n) is 1.72. The Morgan fingerprint density at radius 3 is 2.33 bits per heavy atom. The summed E-state index contributed by atoms with van der Waals surface area (Å²) in [6, 6.07) is 0. The van der Waals surface area contributed by atoms with E-state index in [0.29, 0.717) is 0 Å². The van der Waals surface area contributed by atoms with Gasteiger partial charge in [-0.05, 0) is 34.0 Å². The van der Waals surface area contributed by atoms with E-state index in [-0.39, 0.29) is 11.5 Å². The lowest BCUT2D eigenvalue weighted by atomic mass is 9.80. The van der Waals surface area contributed by atoms with Crippen LogP contribution >= 0.6 is 15.9 Å². The van der Waals surface area contributed by atoms with Gasteiger partial charge in [-0.2, -0.15) is 0 Å². The van der Waals surface area contributed by atoms with E-state index in [1.54, 1.807) is 7.11 Å². The molecule has 0 bridgehead atoms. The van der Waals surface area contributed by atoms with Crippen LogP contribution in [0.25, 0.3) is 0 Å². The molecule has 15 heavy (non-hydrogen) atoms. The van der Waals surface area contributed by atoms with E-state index >= 15 is 0 Å². The van der Waals surface area contributed by atoms with Crippen molar-refractivity contribution < 1.29 is 4.74 Å². The fourth-order valence-corrected chi connectivity index (χ4v) is 2.10. The fraction of sp³-hybridized carbons (Fsp3) is 0.538. The van der Waals surface area contributed by atoms with Crippen LogP contribution in [0, 0.1) is 5.41 Å². The molecule has 0 spiro atoms. The zero-order chi connectivity index (χ0) is 11.6. The molecule has 0 aromatic heterocycles. The van der Waals surface area contributed by atoms with Gasteiger partial charge in [0.15, 0.2) is 0 Å². The molecule has 2 heteroatoms. The molecule has 1 nitrogen and oxygen atoms in total. The van der Waals surface area contributed by atoms with Gasteiger partial charge < -0.3 is 4.74 Å². The molecule has 1 rings (SSSR count). The topological polar surface area (TPSA) is 9.23 Å². The highest BCUT2D eigenvalue weighted by atomic mass is 79.9. The SMILES string of the molecule is COC1C(C)=CC(C(C)(C)C)=CC1=CBr. The van der Waals surface area contributed by atoms with Crippen molar-refractivity contribution in [1.82, 2.24) is 0 Å². The molecule has 0 aromatic rings. The summed E-state index contributed by atoms with van der Waals surface area (Å²) in [5, 5.41) is 0. The third kappa shape index (κ3) is 2.82. The second-order valence-corrected chi connectivity index (χ2v) is 5.42. The number of ether oxygens (including phenoxy) is 1. The molecule has 0 radical (unpaired) electrons. The number of rotatable bonds is 1. The minimum absolute atomic E-state index is 0.0930. The lowest BCUT2D eigenvalue weighted by Crippen LogP contribution is -2.21. The lowest BCUT2D eigenvalue weighted by molar-refractivity contribution is 0.161. The van der Waals surface area contributed by atoms with Gasteiger partial charge in [0.1, 0.15) is 6.10 Å². The average molecular weight is 271 g/mol. The van der Waals surface area contributed by atoms with Crippen LogP contribution in [-0.4, -0.2) is 13.2 Å². The molecule has 84 valence electrons. The molecule has 1 aliphatic rings. The van der Waals surface area contributed by atoms with Gasteiger partial charge in [-0.1, -0.05) is 48.9 Å². The molecule has 1 atom stereocenters. The van der Waals surface area contributed by atoms with Gasteiger partial charge in [-0.25, -0.2) is 0 Å². The Hall–Kier alpha value is -0.340. The van der Waals surface area contributed by atoms with Gasteiger partial charge in [0.2, 0.25) is 0 Å². The second kappa shape index (κ2) is 4.67. The molecule has 0 amide bonds. The first-order valence-corrected chi connectivity index (χ1v) is 6.05. The second-order valence-electron chi connectivity index (χ2n) is 4.96. The maximum atomic E-state index is 5.46. The number of halogens is 1. The number of allylic oxidation sites excluding steroid dienone is 2. The predicted octanol–water partition coefficient (Wildman–Crippen LogP) is 4.21. The summed E-state index contributed by atoms with van der Waals surface area (Å²) >= 11 is 3.40. The normalized spacial score (nSPS) is 25.2. The van der Waals surface area contributed by atoms with Crippen molar-refractivity contribution in [3.63, 3.8) is 0 Å². The summed E-state index contributed by atoms with van der Waals surface area (Å²) in [5.41, 5.74) is 3.97. The molecule has 0 saturated heterocycles. The van der Waals surface area contributed by atoms with E-state index in [0.717, 1.165) is 0 Å². The van der Waals surface area contributed by atoms with E-state index in [1.165, 1.54) is 16.7 Å². The van der Waals surface area contributed by atoms with Crippen molar-refractivity contribution in [2.45, 2.75) is 33.8 Å². The van der Waals surface area contributed by atoms with Crippen LogP contribution < -0.4 is 0 Å². The summed E-state index contributed by atoms with van der Waals surface area (Å²) < 4.78 is 5.46. The third-order valence-electron chi connectivity index (χ3n) is 2.65. The molecular weight excluding hydrogens is 252 g/mol. The minimum atomic E-state index is 0.0930. The summed E-state index contributed by atoms with van der Waals surface area (Å²) in [6.45, 7) is 8.79. The third-order valence-corrected chi connectivity index (χ3v) is 3.18. The number of hydrogen-bond donors (Lipinski definition) is 0. The van der Waals surface area contributed by atoms with Crippen molar-refractivity contribution >= 4 is 15.9 Å². The summed E-state index contributed by atoms with van der Waals surface area (Å²) in [6.07, 6.45) is 4.53. The average Bonchev–Trinajstić information content (AvgIpc) is 2.15. The first kappa shape index (κ1) is 12.7. The quantitative estimate of drug-likeness (QED) is 0.694.